The van der Waals surface area contributed by atoms with Gasteiger partial charge in [0.1, 0.15) is 0 Å². The molecule has 0 heterocycles. The smallest absolute Gasteiger partial charge is 0.224 e. The molecule has 0 aliphatic carbocycles. The summed E-state index contributed by atoms with van der Waals surface area (Å²) in [6.45, 7) is 10.5. The number of hydrogen-bond acceptors (Lipinski definition) is 1. The Balaban J connectivity index is 2.69. The van der Waals surface area contributed by atoms with Gasteiger partial charge in [0.05, 0.1) is 0 Å². The Morgan fingerprint density at radius 3 is 2.47 bits per heavy atom. The van der Waals surface area contributed by atoms with Crippen LogP contribution >= 0.6 is 0 Å². The number of hydrogen-bond donors (Lipinski definition) is 1. The highest BCUT2D eigenvalue weighted by Crippen LogP contribution is 2.21. The van der Waals surface area contributed by atoms with Crippen molar-refractivity contribution in [3.8, 4) is 0 Å². The van der Waals surface area contributed by atoms with E-state index in [0.29, 0.717) is 12.3 Å². The first kappa shape index (κ1) is 13.8. The van der Waals surface area contributed by atoms with Crippen molar-refractivity contribution in [1.29, 1.82) is 0 Å². The molecule has 0 unspecified atom stereocenters. The summed E-state index contributed by atoms with van der Waals surface area (Å²) < 4.78 is 0. The molecule has 0 aliphatic heterocycles. The minimum absolute atomic E-state index is 0.0275. The maximum Gasteiger partial charge on any atom is 0.224 e. The number of anilines is 1. The molecule has 1 aromatic carbocycles. The molecule has 0 aromatic heterocycles. The van der Waals surface area contributed by atoms with E-state index in [4.69, 9.17) is 0 Å². The first-order valence-electron chi connectivity index (χ1n) is 6.18. The molecule has 0 spiro atoms. The van der Waals surface area contributed by atoms with Crippen molar-refractivity contribution >= 4 is 11.6 Å². The van der Waals surface area contributed by atoms with E-state index in [1.807, 2.05) is 18.2 Å². The van der Waals surface area contributed by atoms with Gasteiger partial charge in [-0.1, -0.05) is 46.8 Å². The van der Waals surface area contributed by atoms with Gasteiger partial charge < -0.3 is 5.32 Å². The molecule has 1 rings (SSSR count). The number of amides is 1. The summed E-state index contributed by atoms with van der Waals surface area (Å²) in [5.41, 5.74) is 2.17. The van der Waals surface area contributed by atoms with Crippen LogP contribution in [0.5, 0.6) is 0 Å². The van der Waals surface area contributed by atoms with Gasteiger partial charge in [0, 0.05) is 12.1 Å². The van der Waals surface area contributed by atoms with Crippen LogP contribution in [0.2, 0.25) is 0 Å². The second kappa shape index (κ2) is 5.35. The number of rotatable bonds is 3. The molecule has 0 radical (unpaired) electrons. The van der Waals surface area contributed by atoms with E-state index in [-0.39, 0.29) is 11.3 Å². The fourth-order valence-corrected chi connectivity index (χ4v) is 1.66. The fraction of sp³-hybridized carbons (Fsp3) is 0.533. The number of nitrogens with one attached hydrogen (secondary N) is 1. The summed E-state index contributed by atoms with van der Waals surface area (Å²) in [5.74, 6) is 0.563. The van der Waals surface area contributed by atoms with Crippen LogP contribution in [-0.4, -0.2) is 5.91 Å². The van der Waals surface area contributed by atoms with Crippen LogP contribution in [0.15, 0.2) is 24.3 Å². The zero-order chi connectivity index (χ0) is 13.1. The molecule has 0 atom stereocenters. The lowest BCUT2D eigenvalue weighted by atomic mass is 9.92. The minimum Gasteiger partial charge on any atom is -0.326 e. The Labute approximate surface area is 104 Å². The fourth-order valence-electron chi connectivity index (χ4n) is 1.66. The number of carbonyl (C=O) groups excluding carboxylic acids is 1. The quantitative estimate of drug-likeness (QED) is 0.833. The molecule has 94 valence electrons. The van der Waals surface area contributed by atoms with Gasteiger partial charge in [-0.25, -0.2) is 0 Å². The van der Waals surface area contributed by atoms with E-state index in [9.17, 15) is 4.79 Å². The Kier molecular flexibility index (Phi) is 4.33. The zero-order valence-electron chi connectivity index (χ0n) is 11.5. The predicted molar refractivity (Wildman–Crippen MR) is 73.2 cm³/mol. The van der Waals surface area contributed by atoms with Crippen molar-refractivity contribution in [1.82, 2.24) is 0 Å². The Morgan fingerprint density at radius 1 is 1.29 bits per heavy atom. The van der Waals surface area contributed by atoms with Crippen molar-refractivity contribution in [3.05, 3.63) is 29.8 Å². The predicted octanol–water partition coefficient (Wildman–Crippen LogP) is 4.18. The molecule has 0 saturated heterocycles. The standard InChI is InChI=1S/C15H23NO/c1-11(2)12-7-6-8-13(9-12)16-14(17)10-15(3,4)5/h6-9,11H,10H2,1-5H3,(H,16,17). The monoisotopic (exact) mass is 233 g/mol. The maximum atomic E-state index is 11.8. The highest BCUT2D eigenvalue weighted by Gasteiger charge is 2.15. The van der Waals surface area contributed by atoms with Gasteiger partial charge in [-0.3, -0.25) is 4.79 Å². The number of benzene rings is 1. The van der Waals surface area contributed by atoms with Crippen molar-refractivity contribution in [2.45, 2.75) is 47.0 Å². The minimum atomic E-state index is 0.0275. The summed E-state index contributed by atoms with van der Waals surface area (Å²) in [4.78, 5) is 11.8. The van der Waals surface area contributed by atoms with Crippen LogP contribution in [0.1, 0.15) is 52.5 Å². The van der Waals surface area contributed by atoms with Gasteiger partial charge in [0.25, 0.3) is 0 Å². The lowest BCUT2D eigenvalue weighted by Gasteiger charge is -2.17. The molecule has 0 bridgehead atoms. The van der Waals surface area contributed by atoms with Crippen LogP contribution in [0.3, 0.4) is 0 Å². The first-order valence-corrected chi connectivity index (χ1v) is 6.18. The molecular formula is C15H23NO. The van der Waals surface area contributed by atoms with E-state index in [1.54, 1.807) is 0 Å². The Bertz CT molecular complexity index is 388. The van der Waals surface area contributed by atoms with Gasteiger partial charge >= 0.3 is 0 Å². The largest absolute Gasteiger partial charge is 0.326 e. The molecule has 1 aromatic rings. The van der Waals surface area contributed by atoms with Crippen LogP contribution < -0.4 is 5.32 Å². The maximum absolute atomic E-state index is 11.8. The summed E-state index contributed by atoms with van der Waals surface area (Å²) in [5, 5.41) is 2.95. The zero-order valence-corrected chi connectivity index (χ0v) is 11.5. The molecule has 0 fully saturated rings. The molecule has 0 aliphatic rings. The van der Waals surface area contributed by atoms with Gasteiger partial charge in [0.2, 0.25) is 5.91 Å². The molecule has 1 amide bonds. The molecular weight excluding hydrogens is 210 g/mol. The Hall–Kier alpha value is -1.31. The van der Waals surface area contributed by atoms with Crippen molar-refractivity contribution in [2.75, 3.05) is 5.32 Å². The van der Waals surface area contributed by atoms with Gasteiger partial charge in [-0.2, -0.15) is 0 Å². The van der Waals surface area contributed by atoms with Crippen LogP contribution in [0.25, 0.3) is 0 Å². The summed E-state index contributed by atoms with van der Waals surface area (Å²) in [6, 6.07) is 8.06. The van der Waals surface area contributed by atoms with Crippen LogP contribution in [0, 0.1) is 5.41 Å². The lowest BCUT2D eigenvalue weighted by Crippen LogP contribution is -2.19. The average Bonchev–Trinajstić information content (AvgIpc) is 2.14. The number of carbonyl (C=O) groups is 1. The van der Waals surface area contributed by atoms with E-state index in [0.717, 1.165) is 5.69 Å². The highest BCUT2D eigenvalue weighted by molar-refractivity contribution is 5.91. The highest BCUT2D eigenvalue weighted by atomic mass is 16.1. The van der Waals surface area contributed by atoms with Crippen molar-refractivity contribution < 1.29 is 4.79 Å². The first-order chi connectivity index (χ1) is 7.78. The molecule has 0 saturated carbocycles. The summed E-state index contributed by atoms with van der Waals surface area (Å²) in [7, 11) is 0. The third-order valence-corrected chi connectivity index (χ3v) is 2.53. The second-order valence-electron chi connectivity index (χ2n) is 6.07. The molecule has 2 nitrogen and oxygen atoms in total. The third-order valence-electron chi connectivity index (χ3n) is 2.53. The lowest BCUT2D eigenvalue weighted by molar-refractivity contribution is -0.117. The van der Waals surface area contributed by atoms with E-state index < -0.39 is 0 Å². The van der Waals surface area contributed by atoms with Crippen molar-refractivity contribution in [3.63, 3.8) is 0 Å². The molecule has 17 heavy (non-hydrogen) atoms. The van der Waals surface area contributed by atoms with Crippen LogP contribution in [-0.2, 0) is 4.79 Å². The Morgan fingerprint density at radius 2 is 1.94 bits per heavy atom. The topological polar surface area (TPSA) is 29.1 Å². The summed E-state index contributed by atoms with van der Waals surface area (Å²) in [6.07, 6.45) is 0.541. The van der Waals surface area contributed by atoms with E-state index >= 15 is 0 Å². The normalized spacial score (nSPS) is 11.6. The van der Waals surface area contributed by atoms with Gasteiger partial charge in [-0.05, 0) is 29.0 Å². The molecule has 2 heteroatoms. The molecule has 1 N–H and O–H groups in total. The van der Waals surface area contributed by atoms with Crippen LogP contribution in [0.4, 0.5) is 5.69 Å². The van der Waals surface area contributed by atoms with Gasteiger partial charge in [-0.15, -0.1) is 0 Å². The summed E-state index contributed by atoms with van der Waals surface area (Å²) >= 11 is 0. The van der Waals surface area contributed by atoms with E-state index in [1.165, 1.54) is 5.56 Å². The van der Waals surface area contributed by atoms with E-state index in [2.05, 4.69) is 46.0 Å². The average molecular weight is 233 g/mol. The van der Waals surface area contributed by atoms with Gasteiger partial charge in [0.15, 0.2) is 0 Å². The third kappa shape index (κ3) is 5.03. The van der Waals surface area contributed by atoms with Crippen molar-refractivity contribution in [2.24, 2.45) is 5.41 Å². The SMILES string of the molecule is CC(C)c1cccc(NC(=O)CC(C)(C)C)c1. The second-order valence-corrected chi connectivity index (χ2v) is 6.07.